The topological polar surface area (TPSA) is 107 Å². The van der Waals surface area contributed by atoms with Crippen molar-refractivity contribution in [3.05, 3.63) is 5.82 Å². The first kappa shape index (κ1) is 21.1. The number of nitrogens with zero attached hydrogens (tertiary/aromatic N) is 3. The van der Waals surface area contributed by atoms with E-state index in [9.17, 15) is 9.59 Å². The van der Waals surface area contributed by atoms with Crippen LogP contribution in [-0.2, 0) is 4.74 Å². The van der Waals surface area contributed by atoms with Crippen LogP contribution in [0.5, 0.6) is 6.08 Å². The summed E-state index contributed by atoms with van der Waals surface area (Å²) >= 11 is 0. The maximum Gasteiger partial charge on any atom is 0.417 e. The number of aromatic nitrogens is 2. The summed E-state index contributed by atoms with van der Waals surface area (Å²) in [5.41, 5.74) is 0. The molecular formula is C18H30N4O5. The highest BCUT2D eigenvalue weighted by molar-refractivity contribution is 5.98. The number of Topliss-reactive ketones (excluding diaryl/α,β-unsaturated/α-hetero) is 1. The van der Waals surface area contributed by atoms with Gasteiger partial charge in [0.15, 0.2) is 0 Å². The van der Waals surface area contributed by atoms with Gasteiger partial charge in [-0.05, 0) is 57.3 Å². The molecule has 1 heterocycles. The maximum atomic E-state index is 12.7. The first-order valence-electron chi connectivity index (χ1n) is 9.47. The van der Waals surface area contributed by atoms with Crippen LogP contribution in [0.3, 0.4) is 0 Å². The number of amides is 1. The molecule has 1 saturated carbocycles. The number of likely N-dealkylation sites (N-methyl/N-ethyl adjacent to an activating group) is 1. The van der Waals surface area contributed by atoms with Gasteiger partial charge in [-0.1, -0.05) is 13.8 Å². The molecular weight excluding hydrogens is 352 g/mol. The zero-order chi connectivity index (χ0) is 19.8. The van der Waals surface area contributed by atoms with Crippen molar-refractivity contribution in [3.8, 4) is 6.08 Å². The average molecular weight is 382 g/mol. The summed E-state index contributed by atoms with van der Waals surface area (Å²) in [4.78, 5) is 30.8. The summed E-state index contributed by atoms with van der Waals surface area (Å²) in [6.45, 7) is 4.98. The Morgan fingerprint density at radius 3 is 2.63 bits per heavy atom. The first-order chi connectivity index (χ1) is 12.8. The van der Waals surface area contributed by atoms with E-state index in [0.29, 0.717) is 19.6 Å². The van der Waals surface area contributed by atoms with E-state index in [0.717, 1.165) is 25.7 Å². The Kier molecular flexibility index (Phi) is 8.02. The van der Waals surface area contributed by atoms with Gasteiger partial charge in [-0.3, -0.25) is 9.32 Å². The number of nitrogens with one attached hydrogen (secondary N) is 1. The number of carbonyl (C=O) groups is 2. The van der Waals surface area contributed by atoms with Crippen molar-refractivity contribution in [3.63, 3.8) is 0 Å². The van der Waals surface area contributed by atoms with E-state index < -0.39 is 17.9 Å². The van der Waals surface area contributed by atoms with Gasteiger partial charge >= 0.3 is 12.2 Å². The Balaban J connectivity index is 1.94. The number of hydrogen-bond acceptors (Lipinski definition) is 8. The first-order valence-corrected chi connectivity index (χ1v) is 9.47. The van der Waals surface area contributed by atoms with E-state index in [1.165, 1.54) is 0 Å². The van der Waals surface area contributed by atoms with Gasteiger partial charge in [0.1, 0.15) is 12.7 Å². The number of ether oxygens (including phenoxy) is 2. The second-order valence-corrected chi connectivity index (χ2v) is 7.54. The Hall–Kier alpha value is -2.16. The summed E-state index contributed by atoms with van der Waals surface area (Å²) < 4.78 is 15.7. The number of alkyl carbamates (subject to hydrolysis) is 1. The molecule has 0 radical (unpaired) electrons. The molecule has 1 aliphatic rings. The lowest BCUT2D eigenvalue weighted by molar-refractivity contribution is 0.0825. The van der Waals surface area contributed by atoms with Crippen molar-refractivity contribution in [2.24, 2.45) is 5.92 Å². The van der Waals surface area contributed by atoms with Crippen molar-refractivity contribution in [2.75, 3.05) is 27.2 Å². The summed E-state index contributed by atoms with van der Waals surface area (Å²) in [6.07, 6.45) is 3.61. The molecule has 0 saturated heterocycles. The fourth-order valence-electron chi connectivity index (χ4n) is 2.88. The number of ketones is 1. The van der Waals surface area contributed by atoms with Crippen LogP contribution in [0.15, 0.2) is 4.52 Å². The van der Waals surface area contributed by atoms with Gasteiger partial charge in [0, 0.05) is 6.54 Å². The largest absolute Gasteiger partial charge is 0.447 e. The Bertz CT molecular complexity index is 611. The van der Waals surface area contributed by atoms with E-state index in [4.69, 9.17) is 14.0 Å². The lowest BCUT2D eigenvalue weighted by atomic mass is 10.00. The highest BCUT2D eigenvalue weighted by Crippen LogP contribution is 2.21. The third-order valence-corrected chi connectivity index (χ3v) is 4.28. The third kappa shape index (κ3) is 7.16. The predicted octanol–water partition coefficient (Wildman–Crippen LogP) is 2.28. The van der Waals surface area contributed by atoms with Crippen LogP contribution >= 0.6 is 0 Å². The molecule has 2 rings (SSSR count). The smallest absolute Gasteiger partial charge is 0.417 e. The van der Waals surface area contributed by atoms with Crippen LogP contribution < -0.4 is 10.1 Å². The molecule has 1 amide bonds. The zero-order valence-electron chi connectivity index (χ0n) is 16.6. The molecule has 9 heteroatoms. The van der Waals surface area contributed by atoms with Crippen LogP contribution in [0.2, 0.25) is 0 Å². The molecule has 1 aliphatic carbocycles. The van der Waals surface area contributed by atoms with E-state index in [2.05, 4.69) is 15.5 Å². The third-order valence-electron chi connectivity index (χ3n) is 4.28. The van der Waals surface area contributed by atoms with Gasteiger partial charge in [-0.15, -0.1) is 4.98 Å². The van der Waals surface area contributed by atoms with Crippen LogP contribution in [0.4, 0.5) is 4.79 Å². The summed E-state index contributed by atoms with van der Waals surface area (Å²) in [5, 5.41) is 6.35. The minimum absolute atomic E-state index is 0.0583. The van der Waals surface area contributed by atoms with Crippen LogP contribution in [0, 0.1) is 5.92 Å². The molecule has 1 atom stereocenters. The number of rotatable bonds is 10. The molecule has 152 valence electrons. The second-order valence-electron chi connectivity index (χ2n) is 7.54. The molecule has 0 aromatic carbocycles. The molecule has 27 heavy (non-hydrogen) atoms. The van der Waals surface area contributed by atoms with Crippen molar-refractivity contribution < 1.29 is 23.6 Å². The summed E-state index contributed by atoms with van der Waals surface area (Å²) in [6, 6.07) is -0.772. The van der Waals surface area contributed by atoms with Crippen molar-refractivity contribution in [1.29, 1.82) is 0 Å². The minimum atomic E-state index is -0.772. The van der Waals surface area contributed by atoms with E-state index in [1.807, 2.05) is 32.8 Å². The summed E-state index contributed by atoms with van der Waals surface area (Å²) in [7, 11) is 3.83. The SMILES string of the molecule is CC(C)CC(NC(=O)OC1CCCC1)C(=O)c1noc(OCCN(C)C)n1. The molecule has 1 aromatic heterocycles. The number of hydrogen-bond donors (Lipinski definition) is 1. The van der Waals surface area contributed by atoms with Crippen molar-refractivity contribution >= 4 is 11.9 Å². The second kappa shape index (κ2) is 10.2. The van der Waals surface area contributed by atoms with Crippen LogP contribution in [0.1, 0.15) is 56.6 Å². The van der Waals surface area contributed by atoms with E-state index in [1.54, 1.807) is 0 Å². The molecule has 1 N–H and O–H groups in total. The van der Waals surface area contributed by atoms with Crippen LogP contribution in [0.25, 0.3) is 0 Å². The highest BCUT2D eigenvalue weighted by atomic mass is 16.6. The average Bonchev–Trinajstić information content (AvgIpc) is 3.24. The fraction of sp³-hybridized carbons (Fsp3) is 0.778. The normalized spacial score (nSPS) is 15.9. The van der Waals surface area contributed by atoms with E-state index >= 15 is 0 Å². The van der Waals surface area contributed by atoms with Gasteiger partial charge in [-0.25, -0.2) is 4.79 Å². The minimum Gasteiger partial charge on any atom is -0.447 e. The fourth-order valence-corrected chi connectivity index (χ4v) is 2.88. The quantitative estimate of drug-likeness (QED) is 0.614. The predicted molar refractivity (Wildman–Crippen MR) is 97.8 cm³/mol. The van der Waals surface area contributed by atoms with Gasteiger partial charge in [0.2, 0.25) is 11.6 Å². The molecule has 0 bridgehead atoms. The van der Waals surface area contributed by atoms with Gasteiger partial charge in [0.05, 0.1) is 6.04 Å². The van der Waals surface area contributed by atoms with Crippen LogP contribution in [-0.4, -0.2) is 66.3 Å². The standard InChI is InChI=1S/C18H30N4O5/c1-12(2)11-14(19-17(24)26-13-7-5-6-8-13)15(23)16-20-18(27-21-16)25-10-9-22(3)4/h12-14H,5-11H2,1-4H3,(H,19,24). The van der Waals surface area contributed by atoms with Gasteiger partial charge in [0.25, 0.3) is 0 Å². The van der Waals surface area contributed by atoms with Crippen molar-refractivity contribution in [1.82, 2.24) is 20.4 Å². The lowest BCUT2D eigenvalue weighted by Gasteiger charge is -2.19. The molecule has 1 aromatic rings. The monoisotopic (exact) mass is 382 g/mol. The molecule has 1 unspecified atom stereocenters. The summed E-state index contributed by atoms with van der Waals surface area (Å²) in [5.74, 6) is -0.339. The molecule has 1 fully saturated rings. The lowest BCUT2D eigenvalue weighted by Crippen LogP contribution is -2.43. The molecule has 9 nitrogen and oxygen atoms in total. The Morgan fingerprint density at radius 2 is 2.00 bits per heavy atom. The van der Waals surface area contributed by atoms with Gasteiger partial charge in [-0.2, -0.15) is 0 Å². The van der Waals surface area contributed by atoms with Gasteiger partial charge < -0.3 is 19.7 Å². The highest BCUT2D eigenvalue weighted by Gasteiger charge is 2.29. The Morgan fingerprint density at radius 1 is 1.30 bits per heavy atom. The maximum absolute atomic E-state index is 12.7. The molecule has 0 aliphatic heterocycles. The molecule has 0 spiro atoms. The zero-order valence-corrected chi connectivity index (χ0v) is 16.6. The number of carbonyl (C=O) groups excluding carboxylic acids is 2. The van der Waals surface area contributed by atoms with Crippen molar-refractivity contribution in [2.45, 2.75) is 58.1 Å². The Labute approximate surface area is 159 Å². The van der Waals surface area contributed by atoms with E-state index in [-0.39, 0.29) is 23.9 Å².